The number of benzene rings is 2. The van der Waals surface area contributed by atoms with Gasteiger partial charge in [0.05, 0.1) is 9.79 Å². The summed E-state index contributed by atoms with van der Waals surface area (Å²) in [4.78, 5) is 12.5. The first-order chi connectivity index (χ1) is 12.4. The highest BCUT2D eigenvalue weighted by atomic mass is 32.2. The van der Waals surface area contributed by atoms with Gasteiger partial charge in [-0.25, -0.2) is 8.42 Å². The van der Waals surface area contributed by atoms with E-state index in [0.717, 1.165) is 30.4 Å². The van der Waals surface area contributed by atoms with E-state index in [4.69, 9.17) is 11.1 Å². The summed E-state index contributed by atoms with van der Waals surface area (Å²) in [5.74, 6) is -0.654. The minimum atomic E-state index is -3.55. The molecule has 26 heavy (non-hydrogen) atoms. The van der Waals surface area contributed by atoms with Gasteiger partial charge in [0.1, 0.15) is 0 Å². The fourth-order valence-electron chi connectivity index (χ4n) is 3.43. The molecule has 0 fully saturated rings. The molecule has 0 aromatic heterocycles. The number of carbonyl (C=O) groups is 1. The van der Waals surface area contributed by atoms with E-state index < -0.39 is 9.84 Å². The van der Waals surface area contributed by atoms with Crippen molar-refractivity contribution in [1.29, 1.82) is 5.41 Å². The molecule has 0 radical (unpaired) electrons. The molecule has 0 unspecified atom stereocenters. The van der Waals surface area contributed by atoms with Crippen LogP contribution in [0.4, 0.5) is 0 Å². The molecule has 136 valence electrons. The SMILES string of the molecule is N=C(N)NC(=O)C[C@@H]1CCCc2cc(S(=O)(=O)c3ccccc3)ccc21. The second-order valence-corrected chi connectivity index (χ2v) is 8.38. The van der Waals surface area contributed by atoms with Gasteiger partial charge in [-0.05, 0) is 60.6 Å². The summed E-state index contributed by atoms with van der Waals surface area (Å²) in [6.45, 7) is 0. The van der Waals surface area contributed by atoms with Gasteiger partial charge >= 0.3 is 0 Å². The van der Waals surface area contributed by atoms with Gasteiger partial charge in [0.25, 0.3) is 0 Å². The minimum Gasteiger partial charge on any atom is -0.370 e. The molecule has 1 atom stereocenters. The summed E-state index contributed by atoms with van der Waals surface area (Å²) in [5.41, 5.74) is 7.17. The van der Waals surface area contributed by atoms with Crippen molar-refractivity contribution in [3.05, 3.63) is 59.7 Å². The molecular formula is C19H21N3O3S. The van der Waals surface area contributed by atoms with Crippen molar-refractivity contribution in [3.63, 3.8) is 0 Å². The van der Waals surface area contributed by atoms with Crippen molar-refractivity contribution in [2.45, 2.75) is 41.4 Å². The number of sulfone groups is 1. The Hall–Kier alpha value is -2.67. The summed E-state index contributed by atoms with van der Waals surface area (Å²) >= 11 is 0. The van der Waals surface area contributed by atoms with Gasteiger partial charge in [-0.1, -0.05) is 24.3 Å². The van der Waals surface area contributed by atoms with Crippen LogP contribution in [-0.2, 0) is 21.1 Å². The highest BCUT2D eigenvalue weighted by molar-refractivity contribution is 7.91. The van der Waals surface area contributed by atoms with Crippen molar-refractivity contribution >= 4 is 21.7 Å². The molecule has 6 nitrogen and oxygen atoms in total. The number of carbonyl (C=O) groups excluding carboxylic acids is 1. The Labute approximate surface area is 152 Å². The molecule has 0 aliphatic heterocycles. The molecule has 1 aliphatic carbocycles. The Morgan fingerprint density at radius 1 is 1.15 bits per heavy atom. The first kappa shape index (κ1) is 18.1. The summed E-state index contributed by atoms with van der Waals surface area (Å²) in [5, 5.41) is 9.45. The van der Waals surface area contributed by atoms with Crippen molar-refractivity contribution in [3.8, 4) is 0 Å². The number of aryl methyl sites for hydroxylation is 1. The summed E-state index contributed by atoms with van der Waals surface area (Å²) < 4.78 is 25.6. The number of fused-ring (bicyclic) bond motifs is 1. The fraction of sp³-hybridized carbons (Fsp3) is 0.263. The summed E-state index contributed by atoms with van der Waals surface area (Å²) in [7, 11) is -3.55. The second-order valence-electron chi connectivity index (χ2n) is 6.43. The molecular weight excluding hydrogens is 350 g/mol. The second kappa shape index (κ2) is 7.29. The maximum absolute atomic E-state index is 12.8. The molecule has 0 saturated carbocycles. The van der Waals surface area contributed by atoms with E-state index >= 15 is 0 Å². The zero-order valence-corrected chi connectivity index (χ0v) is 15.1. The van der Waals surface area contributed by atoms with Gasteiger partial charge in [-0.2, -0.15) is 0 Å². The van der Waals surface area contributed by atoms with Gasteiger partial charge in [0, 0.05) is 6.42 Å². The maximum atomic E-state index is 12.8. The van der Waals surface area contributed by atoms with Crippen LogP contribution >= 0.6 is 0 Å². The molecule has 4 N–H and O–H groups in total. The van der Waals surface area contributed by atoms with Crippen LogP contribution in [0.25, 0.3) is 0 Å². The Balaban J connectivity index is 1.89. The van der Waals surface area contributed by atoms with E-state index in [1.807, 2.05) is 6.07 Å². The molecule has 0 heterocycles. The molecule has 3 rings (SSSR count). The van der Waals surface area contributed by atoms with Crippen LogP contribution in [0.1, 0.15) is 36.3 Å². The van der Waals surface area contributed by atoms with E-state index in [2.05, 4.69) is 5.32 Å². The highest BCUT2D eigenvalue weighted by Gasteiger charge is 2.25. The zero-order valence-electron chi connectivity index (χ0n) is 14.2. The lowest BCUT2D eigenvalue weighted by Crippen LogP contribution is -2.36. The lowest BCUT2D eigenvalue weighted by atomic mass is 9.81. The normalized spacial score (nSPS) is 16.5. The number of hydrogen-bond donors (Lipinski definition) is 3. The minimum absolute atomic E-state index is 0.00609. The van der Waals surface area contributed by atoms with Crippen LogP contribution in [-0.4, -0.2) is 20.3 Å². The molecule has 0 bridgehead atoms. The Morgan fingerprint density at radius 2 is 1.88 bits per heavy atom. The smallest absolute Gasteiger partial charge is 0.227 e. The number of guanidine groups is 1. The Morgan fingerprint density at radius 3 is 2.58 bits per heavy atom. The van der Waals surface area contributed by atoms with Gasteiger partial charge in [0.15, 0.2) is 5.96 Å². The van der Waals surface area contributed by atoms with Gasteiger partial charge in [-0.15, -0.1) is 0 Å². The third kappa shape index (κ3) is 3.77. The fourth-order valence-corrected chi connectivity index (χ4v) is 4.76. The average Bonchev–Trinajstić information content (AvgIpc) is 2.61. The van der Waals surface area contributed by atoms with Crippen LogP contribution in [0.3, 0.4) is 0 Å². The molecule has 2 aromatic carbocycles. The van der Waals surface area contributed by atoms with E-state index in [-0.39, 0.29) is 34.0 Å². The van der Waals surface area contributed by atoms with Crippen LogP contribution in [0, 0.1) is 5.41 Å². The van der Waals surface area contributed by atoms with E-state index in [1.54, 1.807) is 42.5 Å². The Bertz CT molecular complexity index is 940. The summed E-state index contributed by atoms with van der Waals surface area (Å²) in [6, 6.07) is 13.5. The lowest BCUT2D eigenvalue weighted by molar-refractivity contribution is -0.120. The predicted octanol–water partition coefficient (Wildman–Crippen LogP) is 2.34. The first-order valence-corrected chi connectivity index (χ1v) is 9.93. The third-order valence-corrected chi connectivity index (χ3v) is 6.39. The largest absolute Gasteiger partial charge is 0.370 e. The van der Waals surface area contributed by atoms with Crippen LogP contribution < -0.4 is 11.1 Å². The molecule has 0 saturated heterocycles. The van der Waals surface area contributed by atoms with Crippen LogP contribution in [0.2, 0.25) is 0 Å². The van der Waals surface area contributed by atoms with Crippen LogP contribution in [0.5, 0.6) is 0 Å². The van der Waals surface area contributed by atoms with Crippen molar-refractivity contribution in [2.75, 3.05) is 0 Å². The molecule has 1 aliphatic rings. The predicted molar refractivity (Wildman–Crippen MR) is 98.7 cm³/mol. The molecule has 1 amide bonds. The topological polar surface area (TPSA) is 113 Å². The van der Waals surface area contributed by atoms with E-state index in [1.165, 1.54) is 0 Å². The van der Waals surface area contributed by atoms with Gasteiger partial charge < -0.3 is 5.73 Å². The van der Waals surface area contributed by atoms with Crippen molar-refractivity contribution in [2.24, 2.45) is 5.73 Å². The highest BCUT2D eigenvalue weighted by Crippen LogP contribution is 2.36. The zero-order chi connectivity index (χ0) is 18.7. The molecule has 2 aromatic rings. The van der Waals surface area contributed by atoms with E-state index in [9.17, 15) is 13.2 Å². The monoisotopic (exact) mass is 371 g/mol. The summed E-state index contributed by atoms with van der Waals surface area (Å²) in [6.07, 6.45) is 2.76. The van der Waals surface area contributed by atoms with E-state index in [0.29, 0.717) is 0 Å². The average molecular weight is 371 g/mol. The third-order valence-electron chi connectivity index (χ3n) is 4.62. The quantitative estimate of drug-likeness (QED) is 0.565. The van der Waals surface area contributed by atoms with Crippen molar-refractivity contribution < 1.29 is 13.2 Å². The van der Waals surface area contributed by atoms with Crippen LogP contribution in [0.15, 0.2) is 58.3 Å². The standard InChI is InChI=1S/C19H21N3O3S/c20-19(21)22-18(23)12-14-6-4-5-13-11-16(9-10-17(13)14)26(24,25)15-7-2-1-3-8-15/h1-3,7-11,14H,4-6,12H2,(H4,20,21,22,23)/t14-/m0/s1. The number of nitrogens with one attached hydrogen (secondary N) is 2. The number of amides is 1. The number of nitrogens with two attached hydrogens (primary N) is 1. The first-order valence-electron chi connectivity index (χ1n) is 8.45. The molecule has 0 spiro atoms. The number of rotatable bonds is 4. The van der Waals surface area contributed by atoms with Gasteiger partial charge in [0.2, 0.25) is 15.7 Å². The number of hydrogen-bond acceptors (Lipinski definition) is 4. The molecule has 7 heteroatoms. The van der Waals surface area contributed by atoms with Gasteiger partial charge in [-0.3, -0.25) is 15.5 Å². The lowest BCUT2D eigenvalue weighted by Gasteiger charge is -2.25. The maximum Gasteiger partial charge on any atom is 0.227 e. The Kier molecular flexibility index (Phi) is 5.08. The van der Waals surface area contributed by atoms with Crippen molar-refractivity contribution in [1.82, 2.24) is 5.32 Å².